The largest absolute Gasteiger partial charge is 0.457 e. The molecular weight excluding hydrogens is 811 g/mol. The van der Waals surface area contributed by atoms with E-state index >= 15 is 0 Å². The molecule has 2 unspecified atom stereocenters. The van der Waals surface area contributed by atoms with Crippen molar-refractivity contribution >= 4 is 58.6 Å². The molecule has 0 fully saturated rings. The van der Waals surface area contributed by atoms with Gasteiger partial charge in [0.1, 0.15) is 23.8 Å². The van der Waals surface area contributed by atoms with Crippen molar-refractivity contribution < 1.29 is 51.4 Å². The van der Waals surface area contributed by atoms with Crippen LogP contribution in [0.5, 0.6) is 11.5 Å². The van der Waals surface area contributed by atoms with Crippen LogP contribution in [-0.2, 0) is 38.3 Å². The number of carbonyl (C=O) groups excluding carboxylic acids is 6. The minimum absolute atomic E-state index is 0.0351. The summed E-state index contributed by atoms with van der Waals surface area (Å²) in [5.41, 5.74) is 5.72. The molecule has 0 aliphatic rings. The molecule has 2 atom stereocenters. The average molecular weight is 854 g/mol. The first-order valence-electron chi connectivity index (χ1n) is 18.5. The molecule has 1 aromatic heterocycles. The number of anilines is 2. The number of ketones is 1. The van der Waals surface area contributed by atoms with E-state index in [0.717, 1.165) is 12.1 Å². The normalized spacial score (nSPS) is 12.0. The van der Waals surface area contributed by atoms with E-state index < -0.39 is 46.7 Å². The van der Waals surface area contributed by atoms with Gasteiger partial charge < -0.3 is 41.4 Å². The third-order valence-electron chi connectivity index (χ3n) is 8.82. The van der Waals surface area contributed by atoms with Gasteiger partial charge in [0.05, 0.1) is 23.0 Å². The molecule has 0 spiro atoms. The highest BCUT2D eigenvalue weighted by Crippen LogP contribution is 2.36. The number of Topliss-reactive ketones (excluding diaryl/α,β-unsaturated/α-hetero) is 1. The van der Waals surface area contributed by atoms with Gasteiger partial charge in [-0.25, -0.2) is 9.59 Å². The number of aromatic nitrogens is 1. The number of nitrogens with zero attached hydrogens (tertiary/aromatic N) is 2. The molecule has 1 heterocycles. The summed E-state index contributed by atoms with van der Waals surface area (Å²) in [5, 5.41) is 9.62. The number of amides is 6. The van der Waals surface area contributed by atoms with Crippen molar-refractivity contribution in [3.05, 3.63) is 112 Å². The van der Waals surface area contributed by atoms with Gasteiger partial charge in [-0.05, 0) is 66.1 Å². The summed E-state index contributed by atoms with van der Waals surface area (Å²) in [6.45, 7) is 3.66. The molecule has 318 valence electrons. The van der Waals surface area contributed by atoms with Crippen molar-refractivity contribution in [2.75, 3.05) is 30.8 Å². The highest BCUT2D eigenvalue weighted by atomic mass is 35.5. The van der Waals surface area contributed by atoms with Crippen LogP contribution in [0, 0.1) is 5.92 Å². The lowest BCUT2D eigenvalue weighted by molar-refractivity contribution is -0.137. The van der Waals surface area contributed by atoms with Gasteiger partial charge in [-0.2, -0.15) is 13.2 Å². The second-order valence-corrected chi connectivity index (χ2v) is 13.9. The maximum atomic E-state index is 13.1. The molecule has 0 aliphatic heterocycles. The van der Waals surface area contributed by atoms with Crippen LogP contribution in [0.1, 0.15) is 53.9 Å². The summed E-state index contributed by atoms with van der Waals surface area (Å²) in [6.07, 6.45) is -3.76. The Morgan fingerprint density at radius 3 is 2.18 bits per heavy atom. The van der Waals surface area contributed by atoms with E-state index in [4.69, 9.17) is 26.8 Å². The Labute approximate surface area is 348 Å². The number of hydrogen-bond acceptors (Lipinski definition) is 9. The molecule has 0 bridgehead atoms. The van der Waals surface area contributed by atoms with Crippen LogP contribution in [0.3, 0.4) is 0 Å². The predicted molar refractivity (Wildman–Crippen MR) is 215 cm³/mol. The van der Waals surface area contributed by atoms with Crippen molar-refractivity contribution in [3.63, 3.8) is 0 Å². The molecule has 4 rings (SSSR count). The molecular formula is C41H43ClF3N7O8. The first-order chi connectivity index (χ1) is 28.4. The van der Waals surface area contributed by atoms with Crippen molar-refractivity contribution in [1.29, 1.82) is 0 Å². The fourth-order valence-corrected chi connectivity index (χ4v) is 5.48. The first kappa shape index (κ1) is 46.0. The smallest absolute Gasteiger partial charge is 0.417 e. The Bertz CT molecular complexity index is 2170. The summed E-state index contributed by atoms with van der Waals surface area (Å²) in [7, 11) is 1.50. The van der Waals surface area contributed by atoms with E-state index in [1.165, 1.54) is 60.6 Å². The van der Waals surface area contributed by atoms with E-state index in [1.807, 2.05) is 6.92 Å². The van der Waals surface area contributed by atoms with Crippen LogP contribution >= 0.6 is 11.6 Å². The van der Waals surface area contributed by atoms with E-state index in [-0.39, 0.29) is 67.3 Å². The van der Waals surface area contributed by atoms with Crippen LogP contribution in [0.2, 0.25) is 5.02 Å². The molecule has 4 aromatic rings. The Morgan fingerprint density at radius 2 is 1.53 bits per heavy atom. The number of hydrogen-bond donors (Lipinski definition) is 5. The Morgan fingerprint density at radius 1 is 0.883 bits per heavy atom. The van der Waals surface area contributed by atoms with E-state index in [1.54, 1.807) is 31.2 Å². The lowest BCUT2D eigenvalue weighted by Gasteiger charge is -2.19. The molecule has 19 heteroatoms. The number of rotatable bonds is 18. The zero-order valence-electron chi connectivity index (χ0n) is 32.7. The van der Waals surface area contributed by atoms with Crippen molar-refractivity contribution in [3.8, 4) is 11.5 Å². The van der Waals surface area contributed by atoms with E-state index in [0.29, 0.717) is 29.0 Å². The Kier molecular flexibility index (Phi) is 16.4. The third kappa shape index (κ3) is 14.3. The zero-order valence-corrected chi connectivity index (χ0v) is 33.5. The lowest BCUT2D eigenvalue weighted by Crippen LogP contribution is -2.45. The fourth-order valence-electron chi connectivity index (χ4n) is 5.25. The van der Waals surface area contributed by atoms with Crippen LogP contribution in [0.15, 0.2) is 85.1 Å². The molecule has 3 aromatic carbocycles. The standard InChI is InChI=1S/C41H43ClF3N7O8/c1-4-24(2)37(55)51-33(22-36(46)54)35(53)19-25-5-7-26(8-6-25)23-59-40(58)52(3)18-17-48-38(56)34-21-30(15-16-47-34)60-29-12-9-27(10-13-29)49-39(57)50-28-11-14-32(42)31(20-28)41(43,44)45/h5-16,20-21,24,33H,4,17-19,22-23H2,1-3H3,(H2,46,54)(H,48,56)(H,51,55)(H2,49,50,57). The number of carbonyl (C=O) groups is 6. The average Bonchev–Trinajstić information content (AvgIpc) is 3.20. The minimum atomic E-state index is -4.69. The molecule has 15 nitrogen and oxygen atoms in total. The molecule has 0 radical (unpaired) electrons. The predicted octanol–water partition coefficient (Wildman–Crippen LogP) is 6.71. The maximum absolute atomic E-state index is 13.1. The summed E-state index contributed by atoms with van der Waals surface area (Å²) in [5.74, 6) is -1.66. The number of halogens is 4. The Hall–Kier alpha value is -6.69. The number of alkyl halides is 3. The number of primary amides is 1. The van der Waals surface area contributed by atoms with Crippen molar-refractivity contribution in [2.45, 2.75) is 51.9 Å². The van der Waals surface area contributed by atoms with Gasteiger partial charge in [0, 0.05) is 56.1 Å². The molecule has 0 saturated heterocycles. The van der Waals surface area contributed by atoms with Gasteiger partial charge in [-0.1, -0.05) is 49.7 Å². The highest BCUT2D eigenvalue weighted by Gasteiger charge is 2.33. The monoisotopic (exact) mass is 853 g/mol. The third-order valence-corrected chi connectivity index (χ3v) is 9.15. The number of benzene rings is 3. The fraction of sp³-hybridized carbons (Fsp3) is 0.293. The van der Waals surface area contributed by atoms with Crippen molar-refractivity contribution in [2.24, 2.45) is 11.7 Å². The molecule has 0 aliphatic carbocycles. The van der Waals surface area contributed by atoms with E-state index in [9.17, 15) is 41.9 Å². The second-order valence-electron chi connectivity index (χ2n) is 13.5. The van der Waals surface area contributed by atoms with Gasteiger partial charge in [0.25, 0.3) is 5.91 Å². The number of urea groups is 1. The first-order valence-corrected chi connectivity index (χ1v) is 18.8. The zero-order chi connectivity index (χ0) is 44.0. The minimum Gasteiger partial charge on any atom is -0.457 e. The van der Waals surface area contributed by atoms with Gasteiger partial charge in [0.2, 0.25) is 11.8 Å². The van der Waals surface area contributed by atoms with Crippen LogP contribution < -0.4 is 31.7 Å². The second kappa shape index (κ2) is 21.4. The van der Waals surface area contributed by atoms with Gasteiger partial charge >= 0.3 is 18.3 Å². The number of ether oxygens (including phenoxy) is 2. The number of pyridine rings is 1. The quantitative estimate of drug-likeness (QED) is 0.0719. The van der Waals surface area contributed by atoms with Crippen LogP contribution in [0.25, 0.3) is 0 Å². The summed E-state index contributed by atoms with van der Waals surface area (Å²) in [4.78, 5) is 79.9. The van der Waals surface area contributed by atoms with E-state index in [2.05, 4.69) is 26.3 Å². The van der Waals surface area contributed by atoms with Gasteiger partial charge in [-0.15, -0.1) is 0 Å². The Balaban J connectivity index is 1.19. The number of nitrogens with one attached hydrogen (secondary N) is 4. The van der Waals surface area contributed by atoms with Gasteiger partial charge in [0.15, 0.2) is 5.78 Å². The summed E-state index contributed by atoms with van der Waals surface area (Å²) >= 11 is 5.63. The summed E-state index contributed by atoms with van der Waals surface area (Å²) < 4.78 is 50.6. The number of nitrogens with two attached hydrogens (primary N) is 1. The van der Waals surface area contributed by atoms with Crippen LogP contribution in [-0.4, -0.2) is 71.7 Å². The highest BCUT2D eigenvalue weighted by molar-refractivity contribution is 6.31. The lowest BCUT2D eigenvalue weighted by atomic mass is 9.99. The molecule has 60 heavy (non-hydrogen) atoms. The molecule has 0 saturated carbocycles. The number of likely N-dealkylation sites (N-methyl/N-ethyl adjacent to an activating group) is 1. The SMILES string of the molecule is CCC(C)C(=O)NC(CC(N)=O)C(=O)Cc1ccc(COC(=O)N(C)CCNC(=O)c2cc(Oc3ccc(NC(=O)Nc4ccc(Cl)c(C(F)(F)F)c4)cc3)ccn2)cc1. The van der Waals surface area contributed by atoms with Gasteiger partial charge in [-0.3, -0.25) is 24.2 Å². The molecule has 6 N–H and O–H groups in total. The van der Waals surface area contributed by atoms with Crippen LogP contribution in [0.4, 0.5) is 34.1 Å². The van der Waals surface area contributed by atoms with Crippen molar-refractivity contribution in [1.82, 2.24) is 20.5 Å². The maximum Gasteiger partial charge on any atom is 0.417 e. The molecule has 6 amide bonds. The topological polar surface area (TPSA) is 211 Å². The summed E-state index contributed by atoms with van der Waals surface area (Å²) in [6, 6.07) is 16.9.